The molecule has 0 bridgehead atoms. The standard InChI is InChI=1S/C7H7NO6S2/c9-7(10)8-16(13,14)15(11,12)6-4-2-1-3-5-6/h1-5,8H,(H,9,10). The molecule has 0 saturated heterocycles. The van der Waals surface area contributed by atoms with Gasteiger partial charge in [0.25, 0.3) is 8.87 Å². The van der Waals surface area contributed by atoms with Gasteiger partial charge in [0.15, 0.2) is 0 Å². The van der Waals surface area contributed by atoms with Crippen LogP contribution in [0.4, 0.5) is 4.79 Å². The van der Waals surface area contributed by atoms with Crippen LogP contribution in [0.3, 0.4) is 0 Å². The van der Waals surface area contributed by atoms with Crippen LogP contribution in [0.1, 0.15) is 0 Å². The van der Waals surface area contributed by atoms with Gasteiger partial charge in [-0.05, 0) is 12.1 Å². The first-order valence-electron chi connectivity index (χ1n) is 3.83. The van der Waals surface area contributed by atoms with Crippen molar-refractivity contribution in [1.29, 1.82) is 0 Å². The van der Waals surface area contributed by atoms with Crippen LogP contribution < -0.4 is 4.72 Å². The molecule has 0 spiro atoms. The van der Waals surface area contributed by atoms with E-state index in [9.17, 15) is 21.6 Å². The van der Waals surface area contributed by atoms with Gasteiger partial charge in [-0.25, -0.2) is 17.9 Å². The number of benzene rings is 1. The third-order valence-corrected chi connectivity index (χ3v) is 5.95. The minimum absolute atomic E-state index is 0.497. The van der Waals surface area contributed by atoms with Crippen molar-refractivity contribution >= 4 is 24.0 Å². The van der Waals surface area contributed by atoms with E-state index in [4.69, 9.17) is 5.11 Å². The summed E-state index contributed by atoms with van der Waals surface area (Å²) >= 11 is 0. The van der Waals surface area contributed by atoms with Crippen molar-refractivity contribution in [3.05, 3.63) is 30.3 Å². The normalized spacial score (nSPS) is 12.0. The van der Waals surface area contributed by atoms with Crippen LogP contribution in [0.15, 0.2) is 35.2 Å². The van der Waals surface area contributed by atoms with Crippen LogP contribution in [-0.2, 0) is 17.9 Å². The Bertz CT molecular complexity index is 589. The Kier molecular flexibility index (Phi) is 3.19. The fourth-order valence-electron chi connectivity index (χ4n) is 0.876. The summed E-state index contributed by atoms with van der Waals surface area (Å²) in [5, 5.41) is 8.20. The van der Waals surface area contributed by atoms with E-state index in [1.165, 1.54) is 18.2 Å². The average Bonchev–Trinajstić information content (AvgIpc) is 2.17. The predicted octanol–water partition coefficient (Wildman–Crippen LogP) is -0.0273. The summed E-state index contributed by atoms with van der Waals surface area (Å²) < 4.78 is 46.3. The lowest BCUT2D eigenvalue weighted by atomic mass is 10.4. The topological polar surface area (TPSA) is 118 Å². The second kappa shape index (κ2) is 4.10. The van der Waals surface area contributed by atoms with Gasteiger partial charge in [0.1, 0.15) is 0 Å². The summed E-state index contributed by atoms with van der Waals surface area (Å²) in [5.41, 5.74) is 0. The highest BCUT2D eigenvalue weighted by atomic mass is 33.2. The largest absolute Gasteiger partial charge is 0.464 e. The molecule has 0 fully saturated rings. The second-order valence-electron chi connectivity index (χ2n) is 2.63. The van der Waals surface area contributed by atoms with E-state index in [2.05, 4.69) is 0 Å². The molecule has 0 aliphatic rings. The first kappa shape index (κ1) is 12.5. The molecular weight excluding hydrogens is 258 g/mol. The quantitative estimate of drug-likeness (QED) is 0.741. The molecule has 0 heterocycles. The van der Waals surface area contributed by atoms with Gasteiger partial charge in [-0.2, -0.15) is 8.42 Å². The Morgan fingerprint density at radius 1 is 1.06 bits per heavy atom. The van der Waals surface area contributed by atoms with E-state index in [1.807, 2.05) is 0 Å². The first-order chi connectivity index (χ1) is 7.27. The predicted molar refractivity (Wildman–Crippen MR) is 53.7 cm³/mol. The zero-order chi connectivity index (χ0) is 12.4. The SMILES string of the molecule is O=C(O)NS(=O)(=O)S(=O)(=O)c1ccccc1. The van der Waals surface area contributed by atoms with Crippen LogP contribution in [0.25, 0.3) is 0 Å². The lowest BCUT2D eigenvalue weighted by molar-refractivity contribution is 0.201. The second-order valence-corrected chi connectivity index (χ2v) is 7.75. The van der Waals surface area contributed by atoms with Gasteiger partial charge in [-0.1, -0.05) is 18.2 Å². The summed E-state index contributed by atoms with van der Waals surface area (Å²) in [4.78, 5) is 9.64. The Morgan fingerprint density at radius 3 is 2.00 bits per heavy atom. The maximum Gasteiger partial charge on any atom is 0.419 e. The summed E-state index contributed by atoms with van der Waals surface area (Å²) in [7, 11) is -9.74. The van der Waals surface area contributed by atoms with Gasteiger partial charge >= 0.3 is 15.1 Å². The summed E-state index contributed by atoms with van der Waals surface area (Å²) in [6.07, 6.45) is -1.96. The molecule has 1 aromatic rings. The molecule has 0 saturated carbocycles. The highest BCUT2D eigenvalue weighted by Gasteiger charge is 2.33. The highest BCUT2D eigenvalue weighted by molar-refractivity contribution is 8.66. The molecule has 1 aromatic carbocycles. The summed E-state index contributed by atoms with van der Waals surface area (Å²) in [6.45, 7) is 0. The lowest BCUT2D eigenvalue weighted by Crippen LogP contribution is -2.34. The van der Waals surface area contributed by atoms with Crippen molar-refractivity contribution < 1.29 is 26.7 Å². The van der Waals surface area contributed by atoms with Gasteiger partial charge in [0, 0.05) is 0 Å². The zero-order valence-corrected chi connectivity index (χ0v) is 9.32. The third-order valence-electron chi connectivity index (χ3n) is 1.53. The molecular formula is C7H7NO6S2. The minimum Gasteiger partial charge on any atom is -0.464 e. The monoisotopic (exact) mass is 265 g/mol. The van der Waals surface area contributed by atoms with Crippen LogP contribution in [0.5, 0.6) is 0 Å². The van der Waals surface area contributed by atoms with Gasteiger partial charge in [-0.15, -0.1) is 0 Å². The van der Waals surface area contributed by atoms with Crippen molar-refractivity contribution in [2.24, 2.45) is 0 Å². The molecule has 0 aromatic heterocycles. The average molecular weight is 265 g/mol. The molecule has 1 rings (SSSR count). The number of rotatable bonds is 3. The number of hydrogen-bond donors (Lipinski definition) is 2. The zero-order valence-electron chi connectivity index (χ0n) is 7.69. The fourth-order valence-corrected chi connectivity index (χ4v) is 3.58. The Labute approximate surface area is 91.1 Å². The molecule has 16 heavy (non-hydrogen) atoms. The van der Waals surface area contributed by atoms with E-state index >= 15 is 0 Å². The smallest absolute Gasteiger partial charge is 0.419 e. The number of carbonyl (C=O) groups is 1. The van der Waals surface area contributed by atoms with E-state index in [-0.39, 0.29) is 0 Å². The van der Waals surface area contributed by atoms with Crippen LogP contribution >= 0.6 is 0 Å². The van der Waals surface area contributed by atoms with Crippen molar-refractivity contribution in [3.63, 3.8) is 0 Å². The Balaban J connectivity index is 3.29. The van der Waals surface area contributed by atoms with E-state index < -0.39 is 28.9 Å². The highest BCUT2D eigenvalue weighted by Crippen LogP contribution is 2.14. The van der Waals surface area contributed by atoms with Crippen molar-refractivity contribution in [3.8, 4) is 0 Å². The van der Waals surface area contributed by atoms with Gasteiger partial charge in [0.2, 0.25) is 0 Å². The molecule has 0 aliphatic heterocycles. The van der Waals surface area contributed by atoms with Gasteiger partial charge in [-0.3, -0.25) is 0 Å². The minimum atomic E-state index is -4.99. The van der Waals surface area contributed by atoms with Gasteiger partial charge < -0.3 is 5.11 Å². The van der Waals surface area contributed by atoms with Crippen LogP contribution in [0.2, 0.25) is 0 Å². The molecule has 0 aliphatic carbocycles. The number of carboxylic acid groups (broad SMARTS) is 1. The number of hydrogen-bond acceptors (Lipinski definition) is 5. The van der Waals surface area contributed by atoms with Crippen molar-refractivity contribution in [2.75, 3.05) is 0 Å². The third kappa shape index (κ3) is 2.31. The maximum absolute atomic E-state index is 11.5. The molecule has 7 nitrogen and oxygen atoms in total. The van der Waals surface area contributed by atoms with Gasteiger partial charge in [0.05, 0.1) is 4.90 Å². The molecule has 0 atom stereocenters. The summed E-state index contributed by atoms with van der Waals surface area (Å²) in [6, 6.07) is 6.25. The number of amides is 1. The lowest BCUT2D eigenvalue weighted by Gasteiger charge is -2.04. The van der Waals surface area contributed by atoms with E-state index in [0.717, 1.165) is 16.9 Å². The first-order valence-corrected chi connectivity index (χ1v) is 7.31. The molecule has 0 radical (unpaired) electrons. The molecule has 88 valence electrons. The molecule has 9 heteroatoms. The van der Waals surface area contributed by atoms with E-state index in [1.54, 1.807) is 0 Å². The molecule has 0 unspecified atom stereocenters. The maximum atomic E-state index is 11.5. The Morgan fingerprint density at radius 2 is 1.56 bits per heavy atom. The van der Waals surface area contributed by atoms with E-state index in [0.29, 0.717) is 0 Å². The molecule has 1 amide bonds. The van der Waals surface area contributed by atoms with Crippen molar-refractivity contribution in [1.82, 2.24) is 4.72 Å². The fraction of sp³-hybridized carbons (Fsp3) is 0. The van der Waals surface area contributed by atoms with Crippen LogP contribution in [-0.4, -0.2) is 28.0 Å². The number of nitrogens with one attached hydrogen (secondary N) is 1. The Hall–Kier alpha value is -1.61. The van der Waals surface area contributed by atoms with Crippen LogP contribution in [0, 0.1) is 0 Å². The van der Waals surface area contributed by atoms with Crippen molar-refractivity contribution in [2.45, 2.75) is 4.90 Å². The summed E-state index contributed by atoms with van der Waals surface area (Å²) in [5.74, 6) is 0. The molecule has 2 N–H and O–H groups in total.